The van der Waals surface area contributed by atoms with E-state index in [1.165, 1.54) is 27.1 Å². The Morgan fingerprint density at radius 3 is 2.67 bits per heavy atom. The van der Waals surface area contributed by atoms with Crippen molar-refractivity contribution in [3.63, 3.8) is 0 Å². The summed E-state index contributed by atoms with van der Waals surface area (Å²) < 4.78 is 8.09. The first-order valence-electron chi connectivity index (χ1n) is 7.90. The number of hydrogen-bond donors (Lipinski definition) is 0. The second-order valence-electron chi connectivity index (χ2n) is 7.10. The third kappa shape index (κ3) is 8.92. The summed E-state index contributed by atoms with van der Waals surface area (Å²) in [6.07, 6.45) is 5.97. The van der Waals surface area contributed by atoms with Crippen LogP contribution in [0.15, 0.2) is 23.1 Å². The molecule has 0 spiro atoms. The van der Waals surface area contributed by atoms with Gasteiger partial charge in [0.25, 0.3) is 0 Å². The van der Waals surface area contributed by atoms with Gasteiger partial charge in [0.05, 0.1) is 0 Å². The van der Waals surface area contributed by atoms with Crippen LogP contribution in [0.1, 0.15) is 60.8 Å². The molecule has 1 aromatic heterocycles. The van der Waals surface area contributed by atoms with Gasteiger partial charge < -0.3 is 0 Å². The van der Waals surface area contributed by atoms with Gasteiger partial charge in [-0.25, -0.2) is 0 Å². The average molecular weight is 413 g/mol. The van der Waals surface area contributed by atoms with Crippen molar-refractivity contribution in [3.8, 4) is 5.06 Å². The van der Waals surface area contributed by atoms with Gasteiger partial charge in [-0.1, -0.05) is 0 Å². The maximum absolute atomic E-state index is 6.07. The van der Waals surface area contributed by atoms with Crippen molar-refractivity contribution in [2.45, 2.75) is 64.2 Å². The standard InChI is InChI=1S/C14H21OS.C4H9.Sn/c1-12(2)6-4-7-13(3)9-10-15-14-8-5-11-16-14;1-4(2)3;/h5-6,11,13H,4,7,9-10H2,1-3H3;1-3H3;/t13-;;/m0../s1. The van der Waals surface area contributed by atoms with Crippen LogP contribution in [0.3, 0.4) is 0 Å². The van der Waals surface area contributed by atoms with Crippen LogP contribution in [0.5, 0.6) is 5.06 Å². The normalized spacial score (nSPS) is 13.0. The van der Waals surface area contributed by atoms with E-state index in [1.54, 1.807) is 11.3 Å². The van der Waals surface area contributed by atoms with E-state index in [2.05, 4.69) is 59.1 Å². The average Bonchev–Trinajstić information content (AvgIpc) is 2.74. The van der Waals surface area contributed by atoms with Crippen molar-refractivity contribution in [1.82, 2.24) is 0 Å². The predicted octanol–water partition coefficient (Wildman–Crippen LogP) is 5.45. The molecule has 1 atom stereocenters. The minimum absolute atomic E-state index is 0.486. The zero-order valence-corrected chi connectivity index (χ0v) is 18.1. The van der Waals surface area contributed by atoms with Crippen LogP contribution in [0.25, 0.3) is 0 Å². The fourth-order valence-corrected chi connectivity index (χ4v) is 7.20. The number of allylic oxidation sites excluding steroid dienone is 2. The van der Waals surface area contributed by atoms with E-state index < -0.39 is 21.1 Å². The van der Waals surface area contributed by atoms with Crippen LogP contribution in [0.4, 0.5) is 0 Å². The second-order valence-corrected chi connectivity index (χ2v) is 14.5. The summed E-state index contributed by atoms with van der Waals surface area (Å²) in [5.74, 6) is 0.742. The number of ether oxygens (including phenoxy) is 1. The van der Waals surface area contributed by atoms with Gasteiger partial charge in [-0.15, -0.1) is 0 Å². The molecule has 0 saturated heterocycles. The summed E-state index contributed by atoms with van der Waals surface area (Å²) in [7, 11) is 0. The molecule has 1 rings (SSSR count). The number of rotatable bonds is 8. The molecule has 1 aromatic rings. The monoisotopic (exact) mass is 414 g/mol. The van der Waals surface area contributed by atoms with E-state index in [1.807, 2.05) is 0 Å². The molecule has 1 nitrogen and oxygen atoms in total. The molecule has 0 aromatic carbocycles. The van der Waals surface area contributed by atoms with Gasteiger partial charge in [0, 0.05) is 0 Å². The maximum atomic E-state index is 6.07. The molecule has 0 unspecified atom stereocenters. The van der Waals surface area contributed by atoms with Crippen molar-refractivity contribution in [2.75, 3.05) is 6.61 Å². The zero-order valence-electron chi connectivity index (χ0n) is 14.5. The first-order chi connectivity index (χ1) is 9.78. The van der Waals surface area contributed by atoms with Crippen LogP contribution < -0.4 is 8.32 Å². The Balaban J connectivity index is 2.33. The summed E-state index contributed by atoms with van der Waals surface area (Å²) in [6.45, 7) is 14.6. The van der Waals surface area contributed by atoms with E-state index in [0.717, 1.165) is 18.9 Å². The molecule has 118 valence electrons. The molecule has 0 bridgehead atoms. The topological polar surface area (TPSA) is 9.23 Å². The van der Waals surface area contributed by atoms with Crippen molar-refractivity contribution < 1.29 is 4.74 Å². The van der Waals surface area contributed by atoms with Crippen molar-refractivity contribution >= 4 is 36.1 Å². The van der Waals surface area contributed by atoms with Crippen LogP contribution >= 0.6 is 11.3 Å². The summed E-state index contributed by atoms with van der Waals surface area (Å²) in [5.41, 5.74) is 1.43. The summed E-state index contributed by atoms with van der Waals surface area (Å²) >= 11 is 1.22. The van der Waals surface area contributed by atoms with Crippen LogP contribution in [-0.4, -0.2) is 27.7 Å². The van der Waals surface area contributed by atoms with Crippen LogP contribution in [0.2, 0.25) is 3.43 Å². The van der Waals surface area contributed by atoms with Gasteiger partial charge >= 0.3 is 146 Å². The van der Waals surface area contributed by atoms with Crippen molar-refractivity contribution in [3.05, 3.63) is 23.1 Å². The molecular formula is C18H30OSSn. The fourth-order valence-electron chi connectivity index (χ4n) is 2.06. The van der Waals surface area contributed by atoms with E-state index in [0.29, 0.717) is 3.43 Å². The molecule has 2 radical (unpaired) electrons. The molecule has 0 aliphatic carbocycles. The summed E-state index contributed by atoms with van der Waals surface area (Å²) in [4.78, 5) is 0. The van der Waals surface area contributed by atoms with Gasteiger partial charge in [-0.3, -0.25) is 0 Å². The molecule has 1 heterocycles. The molecule has 0 aliphatic rings. The van der Waals surface area contributed by atoms with E-state index >= 15 is 0 Å². The molecule has 3 heteroatoms. The Bertz CT molecular complexity index is 438. The Labute approximate surface area is 145 Å². The molecule has 21 heavy (non-hydrogen) atoms. The third-order valence-electron chi connectivity index (χ3n) is 3.20. The van der Waals surface area contributed by atoms with Crippen molar-refractivity contribution in [1.29, 1.82) is 0 Å². The Kier molecular flexibility index (Phi) is 8.40. The molecule has 0 amide bonds. The van der Waals surface area contributed by atoms with Gasteiger partial charge in [0.15, 0.2) is 0 Å². The second kappa shape index (κ2) is 9.24. The SMILES string of the molecule is CC(C)=CCC[C@H](C)CCOc1scc[c]1[Sn][C](C)(C)C. The van der Waals surface area contributed by atoms with E-state index in [9.17, 15) is 0 Å². The summed E-state index contributed by atoms with van der Waals surface area (Å²) in [6, 6.07) is 2.29. The minimum atomic E-state index is -0.551. The first kappa shape index (κ1) is 19.1. The van der Waals surface area contributed by atoms with Crippen molar-refractivity contribution in [2.24, 2.45) is 5.92 Å². The predicted molar refractivity (Wildman–Crippen MR) is 97.4 cm³/mol. The van der Waals surface area contributed by atoms with Crippen LogP contribution in [-0.2, 0) is 0 Å². The quantitative estimate of drug-likeness (QED) is 0.407. The third-order valence-corrected chi connectivity index (χ3v) is 8.57. The number of hydrogen-bond acceptors (Lipinski definition) is 2. The van der Waals surface area contributed by atoms with E-state index in [-0.39, 0.29) is 0 Å². The Morgan fingerprint density at radius 1 is 1.33 bits per heavy atom. The van der Waals surface area contributed by atoms with Gasteiger partial charge in [0.1, 0.15) is 0 Å². The van der Waals surface area contributed by atoms with Crippen LogP contribution in [0, 0.1) is 5.92 Å². The fraction of sp³-hybridized carbons (Fsp3) is 0.667. The zero-order chi connectivity index (χ0) is 15.9. The number of thiophene rings is 1. The molecule has 0 saturated carbocycles. The Hall–Kier alpha value is 0.0387. The first-order valence-corrected chi connectivity index (χ1v) is 11.6. The molecule has 0 aliphatic heterocycles. The Morgan fingerprint density at radius 2 is 2.05 bits per heavy atom. The van der Waals surface area contributed by atoms with Gasteiger partial charge in [-0.05, 0) is 0 Å². The van der Waals surface area contributed by atoms with Gasteiger partial charge in [-0.2, -0.15) is 0 Å². The van der Waals surface area contributed by atoms with E-state index in [4.69, 9.17) is 4.74 Å². The molecular weight excluding hydrogens is 383 g/mol. The summed E-state index contributed by atoms with van der Waals surface area (Å²) in [5, 5.41) is 3.39. The molecule has 0 fully saturated rings. The molecule has 0 N–H and O–H groups in total. The van der Waals surface area contributed by atoms with Gasteiger partial charge in [0.2, 0.25) is 0 Å².